The molecule has 2 N–H and O–H groups in total. The minimum Gasteiger partial charge on any atom is -0.464 e. The summed E-state index contributed by atoms with van der Waals surface area (Å²) in [5.74, 6) is -0.521. The molecule has 0 atom stereocenters. The molecule has 1 heterocycles. The molecule has 0 aliphatic rings. The van der Waals surface area contributed by atoms with E-state index in [-0.39, 0.29) is 16.8 Å². The summed E-state index contributed by atoms with van der Waals surface area (Å²) < 4.78 is 4.58. The van der Waals surface area contributed by atoms with E-state index in [0.29, 0.717) is 12.1 Å². The van der Waals surface area contributed by atoms with Crippen molar-refractivity contribution in [1.29, 1.82) is 0 Å². The van der Waals surface area contributed by atoms with Gasteiger partial charge in [-0.15, -0.1) is 0 Å². The molecule has 15 heavy (non-hydrogen) atoms. The van der Waals surface area contributed by atoms with Crippen LogP contribution in [-0.4, -0.2) is 23.0 Å². The van der Waals surface area contributed by atoms with Crippen molar-refractivity contribution in [2.75, 3.05) is 7.11 Å². The molecule has 0 amide bonds. The second kappa shape index (κ2) is 3.92. The first-order valence-electron chi connectivity index (χ1n) is 4.73. The molecular formula is C10H16N2O3. The third-order valence-electron chi connectivity index (χ3n) is 1.90. The molecule has 1 rings (SSSR count). The standard InChI is InChI=1S/C10H16N2O3/c1-10(2,3)5-6-7(8(13)15-4)12-9(14)11-6/h5H2,1-4H3,(H2,11,12,14). The van der Waals surface area contributed by atoms with Gasteiger partial charge in [0.2, 0.25) is 0 Å². The number of ether oxygens (including phenoxy) is 1. The monoisotopic (exact) mass is 212 g/mol. The molecule has 0 spiro atoms. The number of imidazole rings is 1. The van der Waals surface area contributed by atoms with Gasteiger partial charge >= 0.3 is 11.7 Å². The number of aromatic nitrogens is 2. The van der Waals surface area contributed by atoms with Crippen LogP contribution < -0.4 is 5.69 Å². The zero-order valence-electron chi connectivity index (χ0n) is 9.43. The molecule has 0 saturated carbocycles. The van der Waals surface area contributed by atoms with Crippen molar-refractivity contribution in [3.8, 4) is 0 Å². The second-order valence-corrected chi connectivity index (χ2v) is 4.66. The molecule has 0 saturated heterocycles. The van der Waals surface area contributed by atoms with Crippen LogP contribution in [0.5, 0.6) is 0 Å². The lowest BCUT2D eigenvalue weighted by Gasteiger charge is -2.17. The summed E-state index contributed by atoms with van der Waals surface area (Å²) in [6.45, 7) is 6.08. The molecule has 5 heteroatoms. The third-order valence-corrected chi connectivity index (χ3v) is 1.90. The van der Waals surface area contributed by atoms with E-state index in [1.165, 1.54) is 7.11 Å². The maximum absolute atomic E-state index is 11.3. The Morgan fingerprint density at radius 1 is 1.33 bits per heavy atom. The van der Waals surface area contributed by atoms with Gasteiger partial charge in [0.1, 0.15) is 5.69 Å². The van der Waals surface area contributed by atoms with Crippen LogP contribution in [0.2, 0.25) is 0 Å². The van der Waals surface area contributed by atoms with Crippen LogP contribution in [0.15, 0.2) is 4.79 Å². The molecule has 0 aliphatic carbocycles. The first-order valence-corrected chi connectivity index (χ1v) is 4.73. The van der Waals surface area contributed by atoms with Crippen LogP contribution in [0, 0.1) is 5.41 Å². The van der Waals surface area contributed by atoms with E-state index >= 15 is 0 Å². The SMILES string of the molecule is COC(=O)c1[nH]c(=O)[nH]c1CC(C)(C)C. The molecule has 0 fully saturated rings. The quantitative estimate of drug-likeness (QED) is 0.720. The minimum atomic E-state index is -0.521. The van der Waals surface area contributed by atoms with Gasteiger partial charge < -0.3 is 9.72 Å². The largest absolute Gasteiger partial charge is 0.464 e. The van der Waals surface area contributed by atoms with Crippen molar-refractivity contribution >= 4 is 5.97 Å². The number of methoxy groups -OCH3 is 1. The zero-order chi connectivity index (χ0) is 11.6. The van der Waals surface area contributed by atoms with Crippen LogP contribution in [0.4, 0.5) is 0 Å². The van der Waals surface area contributed by atoms with E-state index in [9.17, 15) is 9.59 Å². The van der Waals surface area contributed by atoms with E-state index in [1.54, 1.807) is 0 Å². The first-order chi connectivity index (χ1) is 6.83. The maximum Gasteiger partial charge on any atom is 0.356 e. The van der Waals surface area contributed by atoms with Gasteiger partial charge in [-0.25, -0.2) is 9.59 Å². The Bertz CT molecular complexity index is 409. The van der Waals surface area contributed by atoms with E-state index in [2.05, 4.69) is 14.7 Å². The predicted molar refractivity (Wildman–Crippen MR) is 55.9 cm³/mol. The number of hydrogen-bond acceptors (Lipinski definition) is 3. The molecule has 84 valence electrons. The highest BCUT2D eigenvalue weighted by molar-refractivity contribution is 5.88. The molecule has 1 aromatic rings. The predicted octanol–water partition coefficient (Wildman–Crippen LogP) is 1.08. The first kappa shape index (κ1) is 11.6. The van der Waals surface area contributed by atoms with Crippen molar-refractivity contribution in [3.05, 3.63) is 21.9 Å². The molecule has 0 bridgehead atoms. The number of nitrogens with one attached hydrogen (secondary N) is 2. The molecule has 0 unspecified atom stereocenters. The fraction of sp³-hybridized carbons (Fsp3) is 0.600. The van der Waals surface area contributed by atoms with Crippen LogP contribution in [0.25, 0.3) is 0 Å². The summed E-state index contributed by atoms with van der Waals surface area (Å²) in [6.07, 6.45) is 0.607. The Balaban J connectivity index is 3.07. The van der Waals surface area contributed by atoms with Gasteiger partial charge in [-0.3, -0.25) is 4.98 Å². The smallest absolute Gasteiger partial charge is 0.356 e. The van der Waals surface area contributed by atoms with Crippen molar-refractivity contribution in [2.45, 2.75) is 27.2 Å². The lowest BCUT2D eigenvalue weighted by molar-refractivity contribution is 0.0592. The molecule has 0 radical (unpaired) electrons. The van der Waals surface area contributed by atoms with Crippen LogP contribution in [-0.2, 0) is 11.2 Å². The second-order valence-electron chi connectivity index (χ2n) is 4.66. The highest BCUT2D eigenvalue weighted by Gasteiger charge is 2.20. The third kappa shape index (κ3) is 2.97. The van der Waals surface area contributed by atoms with E-state index in [0.717, 1.165) is 0 Å². The molecule has 0 aromatic carbocycles. The van der Waals surface area contributed by atoms with Crippen molar-refractivity contribution in [1.82, 2.24) is 9.97 Å². The Morgan fingerprint density at radius 3 is 2.40 bits per heavy atom. The topological polar surface area (TPSA) is 75.0 Å². The number of rotatable bonds is 2. The summed E-state index contributed by atoms with van der Waals surface area (Å²) in [6, 6.07) is 0. The number of aromatic amines is 2. The van der Waals surface area contributed by atoms with Gasteiger partial charge in [0.15, 0.2) is 0 Å². The van der Waals surface area contributed by atoms with Gasteiger partial charge in [-0.05, 0) is 11.8 Å². The van der Waals surface area contributed by atoms with Crippen molar-refractivity contribution in [2.24, 2.45) is 5.41 Å². The average Bonchev–Trinajstić information content (AvgIpc) is 2.42. The Kier molecular flexibility index (Phi) is 3.02. The van der Waals surface area contributed by atoms with Crippen LogP contribution in [0.1, 0.15) is 37.0 Å². The normalized spacial score (nSPS) is 11.5. The highest BCUT2D eigenvalue weighted by atomic mass is 16.5. The van der Waals surface area contributed by atoms with E-state index in [4.69, 9.17) is 0 Å². The number of H-pyrrole nitrogens is 2. The summed E-state index contributed by atoms with van der Waals surface area (Å²) in [7, 11) is 1.29. The van der Waals surface area contributed by atoms with Gasteiger partial charge in [-0.2, -0.15) is 0 Å². The number of carbonyl (C=O) groups excluding carboxylic acids is 1. The number of carbonyl (C=O) groups is 1. The zero-order valence-corrected chi connectivity index (χ0v) is 9.43. The summed E-state index contributed by atoms with van der Waals surface area (Å²) in [5.41, 5.74) is 0.430. The lowest BCUT2D eigenvalue weighted by Crippen LogP contribution is -2.13. The van der Waals surface area contributed by atoms with Crippen molar-refractivity contribution in [3.63, 3.8) is 0 Å². The minimum absolute atomic E-state index is 0.00605. The summed E-state index contributed by atoms with van der Waals surface area (Å²) in [4.78, 5) is 27.5. The Morgan fingerprint density at radius 2 is 1.93 bits per heavy atom. The lowest BCUT2D eigenvalue weighted by atomic mass is 9.90. The molecular weight excluding hydrogens is 196 g/mol. The van der Waals surface area contributed by atoms with E-state index in [1.807, 2.05) is 20.8 Å². The Labute approximate surface area is 87.9 Å². The summed E-state index contributed by atoms with van der Waals surface area (Å²) in [5, 5.41) is 0. The van der Waals surface area contributed by atoms with E-state index < -0.39 is 5.97 Å². The fourth-order valence-electron chi connectivity index (χ4n) is 1.36. The van der Waals surface area contributed by atoms with Crippen LogP contribution >= 0.6 is 0 Å². The highest BCUT2D eigenvalue weighted by Crippen LogP contribution is 2.20. The van der Waals surface area contributed by atoms with Gasteiger partial charge in [0.05, 0.1) is 12.8 Å². The van der Waals surface area contributed by atoms with Crippen molar-refractivity contribution < 1.29 is 9.53 Å². The average molecular weight is 212 g/mol. The maximum atomic E-state index is 11.3. The number of hydrogen-bond donors (Lipinski definition) is 2. The van der Waals surface area contributed by atoms with Crippen LogP contribution in [0.3, 0.4) is 0 Å². The summed E-state index contributed by atoms with van der Waals surface area (Å²) >= 11 is 0. The molecule has 0 aliphatic heterocycles. The van der Waals surface area contributed by atoms with Gasteiger partial charge in [0.25, 0.3) is 0 Å². The molecule has 5 nitrogen and oxygen atoms in total. The van der Waals surface area contributed by atoms with Gasteiger partial charge in [-0.1, -0.05) is 20.8 Å². The fourth-order valence-corrected chi connectivity index (χ4v) is 1.36. The Hall–Kier alpha value is -1.52. The number of esters is 1. The van der Waals surface area contributed by atoms with Gasteiger partial charge in [0, 0.05) is 0 Å². The molecule has 1 aromatic heterocycles.